The van der Waals surface area contributed by atoms with Crippen LogP contribution in [-0.2, 0) is 0 Å². The van der Waals surface area contributed by atoms with Gasteiger partial charge in [-0.1, -0.05) is 0 Å². The highest BCUT2D eigenvalue weighted by Gasteiger charge is 0.189. The highest BCUT2D eigenvalue weighted by atomic mass is 35.5. The van der Waals surface area contributed by atoms with Crippen molar-refractivity contribution in [3.63, 3.8) is 0 Å². The van der Waals surface area contributed by atoms with Crippen molar-refractivity contribution in [3.8, 4) is 0 Å². The molecule has 0 saturated carbocycles. The fourth-order valence-corrected chi connectivity index (χ4v) is 0. The molecule has 0 heterocycles. The highest BCUT2D eigenvalue weighted by Crippen LogP contribution is 0.717. The third-order valence-corrected chi connectivity index (χ3v) is 0. The molecule has 31 heteroatoms. The first-order valence-electron chi connectivity index (χ1n) is 0. The molecule has 0 aromatic heterocycles. The summed E-state index contributed by atoms with van der Waals surface area (Å²) in [6, 6.07) is 0. The molecule has 0 unspecified atom stereocenters. The van der Waals surface area contributed by atoms with Crippen molar-refractivity contribution in [1.82, 2.24) is 0 Å². The molecule has 0 radical (unpaired) electrons. The van der Waals surface area contributed by atoms with Crippen molar-refractivity contribution in [2.45, 2.75) is 0 Å². The number of hydrogen-bond donors (Lipinski definition) is 0. The Morgan fingerprint density at radius 1 is 0.0645 bits per heavy atom. The quantitative estimate of drug-likeness (QED) is 0.215. The van der Waals surface area contributed by atoms with Crippen LogP contribution in [0.1, 0.15) is 0 Å². The maximum atomic E-state index is 0. The lowest BCUT2D eigenvalue weighted by atomic mass is 27.0. The summed E-state index contributed by atoms with van der Waals surface area (Å²) in [7, 11) is 0. The first kappa shape index (κ1) is 680. The normalized spacial score (nSPS) is 0. The van der Waals surface area contributed by atoms with E-state index in [0.29, 0.717) is 0 Å². The van der Waals surface area contributed by atoms with Crippen LogP contribution in [0, 0.1) is 0 Å². The van der Waals surface area contributed by atoms with Crippen LogP contribution in [0.15, 0.2) is 0 Å². The first-order chi connectivity index (χ1) is 0. The minimum absolute atomic E-state index is 0. The molecule has 0 nitrogen and oxygen atoms in total. The van der Waals surface area contributed by atoms with Crippen molar-refractivity contribution >= 4 is 399 Å². The zero-order chi connectivity index (χ0) is 0. The standard InChI is InChI=1S/3Al.28ClH.9H/h;;;28*1H;;;;;;;;;. The highest BCUT2D eigenvalue weighted by molar-refractivity contribution is 5.88. The Hall–Kier alpha value is 9.72. The van der Waals surface area contributed by atoms with Crippen molar-refractivity contribution in [3.05, 3.63) is 0 Å². The topological polar surface area (TPSA) is 0 Å². The Morgan fingerprint density at radius 2 is 0.0645 bits per heavy atom. The van der Waals surface area contributed by atoms with Gasteiger partial charge in [0.05, 0.1) is 0 Å². The molecule has 0 bridgehead atoms. The van der Waals surface area contributed by atoms with Crippen molar-refractivity contribution in [2.24, 2.45) is 0 Å². The van der Waals surface area contributed by atoms with Gasteiger partial charge in [0.15, 0.2) is 52.1 Å². The molecule has 31 heavy (non-hydrogen) atoms. The van der Waals surface area contributed by atoms with E-state index < -0.39 is 0 Å². The molecule has 0 fully saturated rings. The third-order valence-electron chi connectivity index (χ3n) is 0. The van der Waals surface area contributed by atoms with Gasteiger partial charge < -0.3 is 0 Å². The molecule has 0 aromatic carbocycles. The van der Waals surface area contributed by atoms with Gasteiger partial charge >= 0.3 is 0 Å². The summed E-state index contributed by atoms with van der Waals surface area (Å²) in [4.78, 5) is 0. The van der Waals surface area contributed by atoms with Gasteiger partial charge in [0.1, 0.15) is 0 Å². The zero-order valence-electron chi connectivity index (χ0n) is 11.4. The van der Waals surface area contributed by atoms with Gasteiger partial charge in [-0.2, -0.15) is 0 Å². The largest absolute Gasteiger partial charge is 0.187 e. The molecule has 0 rings (SSSR count). The van der Waals surface area contributed by atoms with Crippen LogP contribution in [0.25, 0.3) is 0 Å². The van der Waals surface area contributed by atoms with Gasteiger partial charge in [-0.05, 0) is 0 Å². The van der Waals surface area contributed by atoms with Gasteiger partial charge in [-0.3, -0.25) is 0 Å². The monoisotopic (exact) mass is 1100 g/mol. The minimum atomic E-state index is 0. The zero-order valence-corrected chi connectivity index (χ0v) is 34.3. The molecule has 0 saturated heterocycles. The van der Waals surface area contributed by atoms with E-state index in [4.69, 9.17) is 0 Å². The molecule has 0 aliphatic heterocycles. The van der Waals surface area contributed by atoms with Gasteiger partial charge in [-0.25, -0.2) is 0 Å². The second kappa shape index (κ2) is 631. The minimum Gasteiger partial charge on any atom is -0.147 e. The Balaban J connectivity index is 0. The Kier molecular flexibility index (Phi) is 13800. The fraction of sp³-hybridized carbons (Fsp3) is 0. The second-order valence-electron chi connectivity index (χ2n) is 0. The van der Waals surface area contributed by atoms with E-state index in [1.807, 2.05) is 0 Å². The fourth-order valence-electron chi connectivity index (χ4n) is 0. The molecule has 0 amide bonds. The van der Waals surface area contributed by atoms with Gasteiger partial charge in [0.2, 0.25) is 0 Å². The summed E-state index contributed by atoms with van der Waals surface area (Å²) in [5.41, 5.74) is 0. The average molecular weight is 1110 g/mol. The van der Waals surface area contributed by atoms with Gasteiger partial charge in [0.25, 0.3) is 0 Å². The van der Waals surface area contributed by atoms with Crippen LogP contribution in [0.3, 0.4) is 0 Å². The molecule has 242 valence electrons. The van der Waals surface area contributed by atoms with Crippen LogP contribution in [0.4, 0.5) is 0 Å². The molecule has 0 atom stereocenters. The Morgan fingerprint density at radius 3 is 0.0645 bits per heavy atom. The van der Waals surface area contributed by atoms with Crippen LogP contribution in [0.5, 0.6) is 0 Å². The summed E-state index contributed by atoms with van der Waals surface area (Å²) in [5, 5.41) is 0. The van der Waals surface area contributed by atoms with E-state index in [-0.39, 0.29) is 399 Å². The van der Waals surface area contributed by atoms with E-state index in [1.165, 1.54) is 0 Å². The summed E-state index contributed by atoms with van der Waals surface area (Å²) >= 11 is 0. The maximum Gasteiger partial charge on any atom is 0.187 e. The Bertz CT molecular complexity index is 14.2. The second-order valence-corrected chi connectivity index (χ2v) is 0. The van der Waals surface area contributed by atoms with E-state index in [2.05, 4.69) is 0 Å². The molecule has 0 N–H and O–H groups in total. The lowest BCUT2D eigenvalue weighted by Gasteiger charge is -0.148. The summed E-state index contributed by atoms with van der Waals surface area (Å²) in [6.07, 6.45) is 0. The molecular weight excluding hydrogens is 1070 g/mol. The SMILES string of the molecule is Cl.Cl.Cl.Cl.Cl.Cl.Cl.Cl.Cl.Cl.Cl.Cl.Cl.Cl.Cl.Cl.Cl.Cl.Cl.Cl.Cl.Cl.Cl.Cl.Cl.Cl.Cl.Cl.[AlH3].[AlH3].[AlH3]. The molecule has 0 aromatic rings. The number of hydrogen-bond acceptors (Lipinski definition) is 0. The predicted octanol–water partition coefficient (Wildman–Crippen LogP) is 8.26. The van der Waals surface area contributed by atoms with Crippen molar-refractivity contribution in [1.29, 1.82) is 0 Å². The molecular formula is H37Al3Cl28. The van der Waals surface area contributed by atoms with Gasteiger partial charge in [0, 0.05) is 0 Å². The first-order valence-corrected chi connectivity index (χ1v) is 0. The molecule has 0 spiro atoms. The Labute approximate surface area is 392 Å². The van der Waals surface area contributed by atoms with E-state index >= 15 is 0 Å². The molecule has 0 aliphatic carbocycles. The molecule has 0 aliphatic rings. The lowest BCUT2D eigenvalue weighted by molar-refractivity contribution is 5.75. The van der Waals surface area contributed by atoms with Gasteiger partial charge in [-0.15, -0.1) is 347 Å². The summed E-state index contributed by atoms with van der Waals surface area (Å²) in [5.74, 6) is 0. The van der Waals surface area contributed by atoms with Crippen LogP contribution in [-0.4, -0.2) is 52.1 Å². The number of halogens is 28. The van der Waals surface area contributed by atoms with Crippen molar-refractivity contribution < 1.29 is 0 Å². The van der Waals surface area contributed by atoms with E-state index in [1.54, 1.807) is 0 Å². The van der Waals surface area contributed by atoms with Crippen LogP contribution < -0.4 is 0 Å². The van der Waals surface area contributed by atoms with E-state index in [0.717, 1.165) is 0 Å². The number of rotatable bonds is 0. The average Bonchev–Trinajstić information content (AvgIpc) is 0. The summed E-state index contributed by atoms with van der Waals surface area (Å²) < 4.78 is 0. The third kappa shape index (κ3) is 598. The van der Waals surface area contributed by atoms with Crippen LogP contribution >= 0.6 is 347 Å². The smallest absolute Gasteiger partial charge is 0.147 e. The van der Waals surface area contributed by atoms with E-state index in [9.17, 15) is 0 Å². The van der Waals surface area contributed by atoms with Crippen LogP contribution in [0.2, 0.25) is 0 Å². The summed E-state index contributed by atoms with van der Waals surface area (Å²) in [6.45, 7) is 0. The lowest BCUT2D eigenvalue weighted by Crippen LogP contribution is -0.382. The van der Waals surface area contributed by atoms with Crippen molar-refractivity contribution in [2.75, 3.05) is 0 Å². The maximum absolute atomic E-state index is 0. The predicted molar refractivity (Wildman–Crippen MR) is 233 cm³/mol.